The van der Waals surface area contributed by atoms with Gasteiger partial charge in [-0.2, -0.15) is 0 Å². The van der Waals surface area contributed by atoms with Crippen molar-refractivity contribution in [2.24, 2.45) is 5.16 Å². The van der Waals surface area contributed by atoms with Crippen molar-refractivity contribution in [1.82, 2.24) is 0 Å². The van der Waals surface area contributed by atoms with E-state index >= 15 is 0 Å². The highest BCUT2D eigenvalue weighted by Gasteiger charge is 2.19. The van der Waals surface area contributed by atoms with E-state index in [1.165, 1.54) is 19.1 Å². The van der Waals surface area contributed by atoms with Crippen molar-refractivity contribution in [3.05, 3.63) is 32.3 Å². The molecule has 2 N–H and O–H groups in total. The highest BCUT2D eigenvalue weighted by Crippen LogP contribution is 2.33. The van der Waals surface area contributed by atoms with Gasteiger partial charge in [-0.1, -0.05) is 21.1 Å². The second-order valence-corrected chi connectivity index (χ2v) is 3.68. The quantitative estimate of drug-likeness (QED) is 0.374. The highest BCUT2D eigenvalue weighted by molar-refractivity contribution is 9.10. The Kier molecular flexibility index (Phi) is 3.25. The molecule has 0 amide bonds. The molecule has 0 saturated carbocycles. The molecular weight excluding hydrogens is 268 g/mol. The first-order valence-corrected chi connectivity index (χ1v) is 4.62. The summed E-state index contributed by atoms with van der Waals surface area (Å²) in [7, 11) is 0. The lowest BCUT2D eigenvalue weighted by atomic mass is 10.1. The van der Waals surface area contributed by atoms with Gasteiger partial charge in [0.05, 0.1) is 10.6 Å². The number of hydrogen-bond acceptors (Lipinski definition) is 5. The van der Waals surface area contributed by atoms with Crippen LogP contribution in [0.1, 0.15) is 12.5 Å². The van der Waals surface area contributed by atoms with E-state index in [1.54, 1.807) is 0 Å². The summed E-state index contributed by atoms with van der Waals surface area (Å²) in [5.74, 6) is -0.515. The van der Waals surface area contributed by atoms with E-state index in [2.05, 4.69) is 21.1 Å². The Morgan fingerprint density at radius 3 is 2.67 bits per heavy atom. The largest absolute Gasteiger partial charge is 0.502 e. The fourth-order valence-corrected chi connectivity index (χ4v) is 1.50. The molecule has 1 aromatic rings. The summed E-state index contributed by atoms with van der Waals surface area (Å²) in [4.78, 5) is 9.85. The molecule has 0 aliphatic heterocycles. The summed E-state index contributed by atoms with van der Waals surface area (Å²) in [5.41, 5.74) is -0.238. The molecule has 0 atom stereocenters. The van der Waals surface area contributed by atoms with Gasteiger partial charge in [0, 0.05) is 16.1 Å². The van der Waals surface area contributed by atoms with Gasteiger partial charge in [0.1, 0.15) is 0 Å². The molecule has 6 nitrogen and oxygen atoms in total. The zero-order chi connectivity index (χ0) is 11.6. The Balaban J connectivity index is 3.48. The van der Waals surface area contributed by atoms with Gasteiger partial charge in [0.2, 0.25) is 5.75 Å². The highest BCUT2D eigenvalue weighted by atomic mass is 79.9. The van der Waals surface area contributed by atoms with Gasteiger partial charge in [-0.05, 0) is 13.0 Å². The number of rotatable bonds is 2. The molecule has 0 radical (unpaired) electrons. The maximum atomic E-state index is 10.6. The topological polar surface area (TPSA) is 96.0 Å². The number of benzene rings is 1. The van der Waals surface area contributed by atoms with Crippen LogP contribution in [0, 0.1) is 10.1 Å². The number of nitro benzene ring substituents is 1. The van der Waals surface area contributed by atoms with Gasteiger partial charge in [-0.3, -0.25) is 10.1 Å². The van der Waals surface area contributed by atoms with Crippen LogP contribution in [0.25, 0.3) is 0 Å². The summed E-state index contributed by atoms with van der Waals surface area (Å²) in [6, 6.07) is 2.60. The molecular formula is C8H7BrN2O4. The maximum absolute atomic E-state index is 10.6. The Morgan fingerprint density at radius 2 is 2.20 bits per heavy atom. The molecule has 0 aromatic heterocycles. The van der Waals surface area contributed by atoms with E-state index in [-0.39, 0.29) is 11.3 Å². The number of aromatic hydroxyl groups is 1. The number of halogens is 1. The van der Waals surface area contributed by atoms with Gasteiger partial charge in [-0.15, -0.1) is 0 Å². The molecule has 0 saturated heterocycles. The number of phenolic OH excluding ortho intramolecular Hbond substituents is 1. The minimum atomic E-state index is -0.714. The molecule has 0 spiro atoms. The van der Waals surface area contributed by atoms with E-state index in [1.807, 2.05) is 0 Å². The van der Waals surface area contributed by atoms with E-state index in [9.17, 15) is 15.2 Å². The summed E-state index contributed by atoms with van der Waals surface area (Å²) < 4.78 is 0.421. The molecule has 0 aliphatic rings. The van der Waals surface area contributed by atoms with Crippen LogP contribution in [0.2, 0.25) is 0 Å². The normalized spacial score (nSPS) is 11.5. The first-order valence-electron chi connectivity index (χ1n) is 3.83. The standard InChI is InChI=1S/C8H7BrN2O4/c1-4(10-13)6-2-5(9)3-7(8(6)12)11(14)15/h2-3,12-13H,1H3/b10-4+. The lowest BCUT2D eigenvalue weighted by Gasteiger charge is -2.04. The van der Waals surface area contributed by atoms with Crippen LogP contribution in [0.5, 0.6) is 5.75 Å². The van der Waals surface area contributed by atoms with Crippen LogP contribution in [-0.4, -0.2) is 20.9 Å². The van der Waals surface area contributed by atoms with Crippen molar-refractivity contribution in [3.8, 4) is 5.75 Å². The first-order chi connectivity index (χ1) is 6.97. The Labute approximate surface area is 93.1 Å². The van der Waals surface area contributed by atoms with Gasteiger partial charge in [-0.25, -0.2) is 0 Å². The van der Waals surface area contributed by atoms with E-state index in [0.717, 1.165) is 0 Å². The predicted octanol–water partition coefficient (Wildman–Crippen LogP) is 2.26. The van der Waals surface area contributed by atoms with E-state index in [4.69, 9.17) is 5.21 Å². The zero-order valence-electron chi connectivity index (χ0n) is 7.64. The third kappa shape index (κ3) is 2.24. The average molecular weight is 275 g/mol. The van der Waals surface area contributed by atoms with E-state index < -0.39 is 16.4 Å². The fourth-order valence-electron chi connectivity index (χ4n) is 1.05. The number of nitrogens with zero attached hydrogens (tertiary/aromatic N) is 2. The lowest BCUT2D eigenvalue weighted by Crippen LogP contribution is -1.98. The predicted molar refractivity (Wildman–Crippen MR) is 56.5 cm³/mol. The van der Waals surface area contributed by atoms with Crippen molar-refractivity contribution >= 4 is 27.3 Å². The van der Waals surface area contributed by atoms with Gasteiger partial charge < -0.3 is 10.3 Å². The Morgan fingerprint density at radius 1 is 1.60 bits per heavy atom. The maximum Gasteiger partial charge on any atom is 0.312 e. The SMILES string of the molecule is C/C(=N\O)c1cc(Br)cc([N+](=O)[O-])c1O. The molecule has 0 aliphatic carbocycles. The Bertz CT molecular complexity index is 445. The van der Waals surface area contributed by atoms with Crippen molar-refractivity contribution in [2.75, 3.05) is 0 Å². The third-order valence-corrected chi connectivity index (χ3v) is 2.25. The molecule has 0 fully saturated rings. The number of hydrogen-bond donors (Lipinski definition) is 2. The van der Waals surface area contributed by atoms with Crippen molar-refractivity contribution in [2.45, 2.75) is 6.92 Å². The van der Waals surface area contributed by atoms with Gasteiger partial charge in [0.15, 0.2) is 0 Å². The second kappa shape index (κ2) is 4.26. The summed E-state index contributed by atoms with van der Waals surface area (Å²) >= 11 is 3.06. The minimum Gasteiger partial charge on any atom is -0.502 e. The number of nitro groups is 1. The van der Waals surface area contributed by atoms with Gasteiger partial charge in [0.25, 0.3) is 0 Å². The van der Waals surface area contributed by atoms with E-state index in [0.29, 0.717) is 4.47 Å². The summed E-state index contributed by atoms with van der Waals surface area (Å²) in [6.07, 6.45) is 0. The van der Waals surface area contributed by atoms with Crippen LogP contribution < -0.4 is 0 Å². The smallest absolute Gasteiger partial charge is 0.312 e. The van der Waals surface area contributed by atoms with Crippen LogP contribution >= 0.6 is 15.9 Å². The molecule has 80 valence electrons. The number of oxime groups is 1. The monoisotopic (exact) mass is 274 g/mol. The zero-order valence-corrected chi connectivity index (χ0v) is 9.22. The van der Waals surface area contributed by atoms with Gasteiger partial charge >= 0.3 is 5.69 Å². The average Bonchev–Trinajstić information content (AvgIpc) is 2.19. The minimum absolute atomic E-state index is 0.0944. The van der Waals surface area contributed by atoms with Crippen molar-refractivity contribution in [1.29, 1.82) is 0 Å². The molecule has 0 heterocycles. The molecule has 15 heavy (non-hydrogen) atoms. The van der Waals surface area contributed by atoms with Crippen LogP contribution in [0.3, 0.4) is 0 Å². The lowest BCUT2D eigenvalue weighted by molar-refractivity contribution is -0.385. The third-order valence-electron chi connectivity index (χ3n) is 1.79. The summed E-state index contributed by atoms with van der Waals surface area (Å²) in [5, 5.41) is 31.5. The fraction of sp³-hybridized carbons (Fsp3) is 0.125. The molecule has 1 rings (SSSR count). The van der Waals surface area contributed by atoms with Crippen LogP contribution in [0.15, 0.2) is 21.8 Å². The molecule has 0 bridgehead atoms. The molecule has 1 aromatic carbocycles. The van der Waals surface area contributed by atoms with Crippen molar-refractivity contribution in [3.63, 3.8) is 0 Å². The molecule has 0 unspecified atom stereocenters. The Hall–Kier alpha value is -1.63. The van der Waals surface area contributed by atoms with Crippen LogP contribution in [0.4, 0.5) is 5.69 Å². The number of phenols is 1. The van der Waals surface area contributed by atoms with Crippen molar-refractivity contribution < 1.29 is 15.2 Å². The molecule has 7 heteroatoms. The first kappa shape index (κ1) is 11.4. The van der Waals surface area contributed by atoms with Crippen LogP contribution in [-0.2, 0) is 0 Å². The summed E-state index contributed by atoms with van der Waals surface area (Å²) in [6.45, 7) is 1.42. The second-order valence-electron chi connectivity index (χ2n) is 2.76.